The van der Waals surface area contributed by atoms with Crippen LogP contribution in [0, 0.1) is 34.5 Å². The molecule has 0 radical (unpaired) electrons. The van der Waals surface area contributed by atoms with Gasteiger partial charge in [-0.2, -0.15) is 0 Å². The zero-order valence-electron chi connectivity index (χ0n) is 18.6. The Morgan fingerprint density at radius 1 is 1.00 bits per heavy atom. The lowest BCUT2D eigenvalue weighted by Gasteiger charge is -2.59. The number of hydrogen-bond donors (Lipinski definition) is 1. The number of aliphatic hydroxyl groups is 1. The summed E-state index contributed by atoms with van der Waals surface area (Å²) in [6.45, 7) is 7.39. The fourth-order valence-electron chi connectivity index (χ4n) is 8.05. The van der Waals surface area contributed by atoms with Crippen LogP contribution in [0.25, 0.3) is 16.6 Å². The summed E-state index contributed by atoms with van der Waals surface area (Å²) in [7, 11) is 0. The van der Waals surface area contributed by atoms with Gasteiger partial charge in [-0.1, -0.05) is 56.7 Å². The van der Waals surface area contributed by atoms with E-state index in [1.807, 2.05) is 0 Å². The summed E-state index contributed by atoms with van der Waals surface area (Å²) in [6.07, 6.45) is 14.2. The lowest BCUT2D eigenvalue weighted by atomic mass is 9.47. The van der Waals surface area contributed by atoms with Gasteiger partial charge in [0.1, 0.15) is 0 Å². The Morgan fingerprint density at radius 3 is 2.67 bits per heavy atom. The van der Waals surface area contributed by atoms with Gasteiger partial charge in [0.05, 0.1) is 11.6 Å². The second kappa shape index (κ2) is 6.36. The van der Waals surface area contributed by atoms with E-state index >= 15 is 0 Å². The van der Waals surface area contributed by atoms with Crippen LogP contribution in [0.15, 0.2) is 54.3 Å². The van der Waals surface area contributed by atoms with E-state index in [0.29, 0.717) is 23.2 Å². The normalized spacial score (nSPS) is 42.9. The van der Waals surface area contributed by atoms with Crippen molar-refractivity contribution in [1.82, 2.24) is 4.57 Å². The lowest BCUT2D eigenvalue weighted by Crippen LogP contribution is -2.54. The quantitative estimate of drug-likeness (QED) is 0.531. The number of allylic oxidation sites excluding steroid dienone is 3. The van der Waals surface area contributed by atoms with Crippen LogP contribution in [0.2, 0.25) is 0 Å². The van der Waals surface area contributed by atoms with Gasteiger partial charge in [-0.3, -0.25) is 0 Å². The van der Waals surface area contributed by atoms with E-state index in [2.05, 4.69) is 74.0 Å². The molecule has 0 aliphatic heterocycles. The highest BCUT2D eigenvalue weighted by Crippen LogP contribution is 2.66. The smallest absolute Gasteiger partial charge is 0.0757 e. The Labute approximate surface area is 180 Å². The zero-order chi connectivity index (χ0) is 20.7. The third kappa shape index (κ3) is 2.40. The van der Waals surface area contributed by atoms with E-state index in [-0.39, 0.29) is 11.5 Å². The maximum atomic E-state index is 11.4. The number of benzene rings is 1. The van der Waals surface area contributed by atoms with E-state index in [1.54, 1.807) is 5.57 Å². The third-order valence-electron chi connectivity index (χ3n) is 9.77. The molecule has 4 unspecified atom stereocenters. The second-order valence-electron chi connectivity index (χ2n) is 11.3. The average molecular weight is 402 g/mol. The van der Waals surface area contributed by atoms with Gasteiger partial charge < -0.3 is 9.67 Å². The van der Waals surface area contributed by atoms with Gasteiger partial charge in [0.15, 0.2) is 0 Å². The fourth-order valence-corrected chi connectivity index (χ4v) is 8.05. The molecule has 2 aromatic rings. The predicted molar refractivity (Wildman–Crippen MR) is 124 cm³/mol. The van der Waals surface area contributed by atoms with Gasteiger partial charge in [-0.15, -0.1) is 0 Å². The molecule has 1 heterocycles. The first-order valence-corrected chi connectivity index (χ1v) is 12.1. The molecule has 158 valence electrons. The Morgan fingerprint density at radius 2 is 1.80 bits per heavy atom. The second-order valence-corrected chi connectivity index (χ2v) is 11.3. The minimum Gasteiger partial charge on any atom is -0.389 e. The molecule has 7 atom stereocenters. The number of nitrogens with zero attached hydrogens (tertiary/aromatic N) is 1. The van der Waals surface area contributed by atoms with Gasteiger partial charge in [0.2, 0.25) is 0 Å². The molecule has 2 saturated carbocycles. The Bertz CT molecular complexity index is 1060. The van der Waals surface area contributed by atoms with Gasteiger partial charge in [0.25, 0.3) is 0 Å². The van der Waals surface area contributed by atoms with Gasteiger partial charge in [0, 0.05) is 17.3 Å². The van der Waals surface area contributed by atoms with Crippen molar-refractivity contribution < 1.29 is 5.11 Å². The fraction of sp³-hybridized carbons (Fsp3) is 0.571. The highest BCUT2D eigenvalue weighted by atomic mass is 16.3. The van der Waals surface area contributed by atoms with Crippen LogP contribution in [-0.4, -0.2) is 15.8 Å². The van der Waals surface area contributed by atoms with Gasteiger partial charge in [-0.05, 0) is 85.1 Å². The van der Waals surface area contributed by atoms with Crippen LogP contribution in [0.4, 0.5) is 0 Å². The minimum absolute atomic E-state index is 0.146. The molecule has 0 amide bonds. The van der Waals surface area contributed by atoms with Crippen molar-refractivity contribution in [1.29, 1.82) is 0 Å². The molecule has 2 heteroatoms. The molecule has 1 N–H and O–H groups in total. The largest absolute Gasteiger partial charge is 0.389 e. The maximum absolute atomic E-state index is 11.4. The van der Waals surface area contributed by atoms with Crippen molar-refractivity contribution in [2.45, 2.75) is 65.4 Å². The van der Waals surface area contributed by atoms with Gasteiger partial charge >= 0.3 is 0 Å². The van der Waals surface area contributed by atoms with Crippen molar-refractivity contribution in [3.63, 3.8) is 0 Å². The molecule has 4 aliphatic rings. The molecule has 4 aliphatic carbocycles. The Balaban J connectivity index is 1.39. The summed E-state index contributed by atoms with van der Waals surface area (Å²) < 4.78 is 2.44. The van der Waals surface area contributed by atoms with Crippen LogP contribution in [0.3, 0.4) is 0 Å². The summed E-state index contributed by atoms with van der Waals surface area (Å²) in [6, 6.07) is 11.0. The molecule has 0 spiro atoms. The highest BCUT2D eigenvalue weighted by molar-refractivity contribution is 5.84. The Kier molecular flexibility index (Phi) is 4.01. The zero-order valence-corrected chi connectivity index (χ0v) is 18.6. The SMILES string of the molecule is C[C@H]1CC[C@@]2(C)C(=CC(O)C3C2CC[C@]2(C)C(n4ccc5ccccc54)=CCC32)C1. The van der Waals surface area contributed by atoms with Crippen LogP contribution in [0.1, 0.15) is 59.3 Å². The standard InChI is InChI=1S/C28H35NO/c1-18-10-13-27(2)20(16-18)17-24(30)26-21-8-9-25(28(21,3)14-11-22(26)27)29-15-12-19-6-4-5-7-23(19)29/h4-7,9,12,15,17-18,21-22,24,26,30H,8,10-11,13-14,16H2,1-3H3/t18-,21?,22?,24?,26?,27-,28-/m0/s1. The van der Waals surface area contributed by atoms with Crippen molar-refractivity contribution in [2.24, 2.45) is 34.5 Å². The van der Waals surface area contributed by atoms with E-state index < -0.39 is 0 Å². The molecule has 0 bridgehead atoms. The summed E-state index contributed by atoms with van der Waals surface area (Å²) >= 11 is 0. The third-order valence-corrected chi connectivity index (χ3v) is 9.77. The average Bonchev–Trinajstić information content (AvgIpc) is 3.30. The number of aliphatic hydroxyl groups excluding tert-OH is 1. The molecular weight excluding hydrogens is 366 g/mol. The van der Waals surface area contributed by atoms with Crippen LogP contribution in [-0.2, 0) is 0 Å². The van der Waals surface area contributed by atoms with Crippen molar-refractivity contribution >= 4 is 16.6 Å². The molecule has 1 aromatic heterocycles. The Hall–Kier alpha value is -1.80. The maximum Gasteiger partial charge on any atom is 0.0757 e. The molecule has 0 saturated heterocycles. The molecule has 2 nitrogen and oxygen atoms in total. The first-order valence-electron chi connectivity index (χ1n) is 12.1. The first kappa shape index (κ1) is 18.9. The molecule has 30 heavy (non-hydrogen) atoms. The van der Waals surface area contributed by atoms with Crippen LogP contribution < -0.4 is 0 Å². The van der Waals surface area contributed by atoms with Crippen LogP contribution in [0.5, 0.6) is 0 Å². The predicted octanol–water partition coefficient (Wildman–Crippen LogP) is 6.66. The summed E-state index contributed by atoms with van der Waals surface area (Å²) in [5.74, 6) is 2.33. The molecular formula is C28H35NO. The molecule has 6 rings (SSSR count). The summed E-state index contributed by atoms with van der Waals surface area (Å²) in [5.41, 5.74) is 4.80. The first-order chi connectivity index (χ1) is 14.4. The molecule has 2 fully saturated rings. The van der Waals surface area contributed by atoms with E-state index in [4.69, 9.17) is 0 Å². The van der Waals surface area contributed by atoms with Crippen molar-refractivity contribution in [2.75, 3.05) is 0 Å². The number of hydrogen-bond acceptors (Lipinski definition) is 1. The molecule has 1 aromatic carbocycles. The van der Waals surface area contributed by atoms with E-state index in [1.165, 1.54) is 48.7 Å². The van der Waals surface area contributed by atoms with E-state index in [9.17, 15) is 5.11 Å². The van der Waals surface area contributed by atoms with Crippen molar-refractivity contribution in [3.8, 4) is 0 Å². The van der Waals surface area contributed by atoms with Gasteiger partial charge in [-0.25, -0.2) is 0 Å². The number of fused-ring (bicyclic) bond motifs is 6. The number of aromatic nitrogens is 1. The summed E-state index contributed by atoms with van der Waals surface area (Å²) in [5, 5.41) is 12.7. The number of para-hydroxylation sites is 1. The lowest BCUT2D eigenvalue weighted by molar-refractivity contribution is -0.0691. The minimum atomic E-state index is -0.276. The highest BCUT2D eigenvalue weighted by Gasteiger charge is 2.59. The monoisotopic (exact) mass is 401 g/mol. The van der Waals surface area contributed by atoms with Crippen LogP contribution >= 0.6 is 0 Å². The number of rotatable bonds is 1. The topological polar surface area (TPSA) is 25.2 Å². The summed E-state index contributed by atoms with van der Waals surface area (Å²) in [4.78, 5) is 0. The van der Waals surface area contributed by atoms with Crippen molar-refractivity contribution in [3.05, 3.63) is 54.3 Å². The van der Waals surface area contributed by atoms with E-state index in [0.717, 1.165) is 12.3 Å².